The third-order valence-electron chi connectivity index (χ3n) is 5.63. The summed E-state index contributed by atoms with van der Waals surface area (Å²) in [4.78, 5) is 39.7. The van der Waals surface area contributed by atoms with Gasteiger partial charge < -0.3 is 10.6 Å². The van der Waals surface area contributed by atoms with Crippen molar-refractivity contribution in [2.45, 2.75) is 18.9 Å². The largest absolute Gasteiger partial charge is 0.325 e. The monoisotopic (exact) mass is 447 g/mol. The average Bonchev–Trinajstić information content (AvgIpc) is 3.05. The molecule has 0 saturated carbocycles. The van der Waals surface area contributed by atoms with Crippen molar-refractivity contribution in [1.29, 1.82) is 0 Å². The fourth-order valence-corrected chi connectivity index (χ4v) is 4.06. The van der Waals surface area contributed by atoms with Gasteiger partial charge in [-0.2, -0.15) is 0 Å². The van der Waals surface area contributed by atoms with Crippen LogP contribution in [-0.2, 0) is 15.1 Å². The number of benzene rings is 3. The first-order valence-electron chi connectivity index (χ1n) is 10.3. The number of hydrogen-bond acceptors (Lipinski definition) is 3. The van der Waals surface area contributed by atoms with Crippen LogP contribution in [0.3, 0.4) is 0 Å². The molecule has 162 valence electrons. The molecule has 2 N–H and O–H groups in total. The number of imide groups is 1. The highest BCUT2D eigenvalue weighted by Crippen LogP contribution is 2.33. The number of rotatable bonds is 6. The van der Waals surface area contributed by atoms with Crippen LogP contribution in [0.5, 0.6) is 0 Å². The van der Waals surface area contributed by atoms with E-state index in [2.05, 4.69) is 10.6 Å². The molecule has 1 aliphatic rings. The van der Waals surface area contributed by atoms with Crippen molar-refractivity contribution in [2.24, 2.45) is 0 Å². The maximum Gasteiger partial charge on any atom is 0.325 e. The molecular formula is C25H22ClN3O3. The lowest BCUT2D eigenvalue weighted by Crippen LogP contribution is -2.44. The van der Waals surface area contributed by atoms with E-state index < -0.39 is 23.4 Å². The Kier molecular flexibility index (Phi) is 5.97. The second kappa shape index (κ2) is 8.85. The van der Waals surface area contributed by atoms with Crippen molar-refractivity contribution in [3.63, 3.8) is 0 Å². The number of carbonyl (C=O) groups is 3. The Bertz CT molecular complexity index is 1160. The van der Waals surface area contributed by atoms with E-state index in [9.17, 15) is 14.4 Å². The summed E-state index contributed by atoms with van der Waals surface area (Å²) < 4.78 is 0. The molecular weight excluding hydrogens is 426 g/mol. The molecule has 0 bridgehead atoms. The molecule has 0 aliphatic carbocycles. The highest BCUT2D eigenvalue weighted by Gasteiger charge is 2.51. The molecule has 1 saturated heterocycles. The summed E-state index contributed by atoms with van der Waals surface area (Å²) in [6.45, 7) is 1.43. The normalized spacial score (nSPS) is 17.9. The van der Waals surface area contributed by atoms with Crippen LogP contribution >= 0.6 is 11.6 Å². The van der Waals surface area contributed by atoms with Gasteiger partial charge in [0.05, 0.1) is 0 Å². The first kappa shape index (κ1) is 21.6. The summed E-state index contributed by atoms with van der Waals surface area (Å²) in [6, 6.07) is 23.2. The highest BCUT2D eigenvalue weighted by atomic mass is 35.5. The second-order valence-corrected chi connectivity index (χ2v) is 7.98. The van der Waals surface area contributed by atoms with E-state index in [0.717, 1.165) is 16.0 Å². The molecule has 1 atom stereocenters. The van der Waals surface area contributed by atoms with E-state index in [1.165, 1.54) is 0 Å². The summed E-state index contributed by atoms with van der Waals surface area (Å²) in [7, 11) is 0. The van der Waals surface area contributed by atoms with Gasteiger partial charge in [-0.05, 0) is 35.7 Å². The summed E-state index contributed by atoms with van der Waals surface area (Å²) in [6.07, 6.45) is 0.341. The van der Waals surface area contributed by atoms with Gasteiger partial charge in [-0.25, -0.2) is 4.79 Å². The summed E-state index contributed by atoms with van der Waals surface area (Å²) in [5.74, 6) is -0.918. The minimum atomic E-state index is -1.22. The lowest BCUT2D eigenvalue weighted by Gasteiger charge is -2.25. The predicted octanol–water partition coefficient (Wildman–Crippen LogP) is 4.80. The van der Waals surface area contributed by atoms with Gasteiger partial charge in [0.2, 0.25) is 5.91 Å². The molecule has 1 unspecified atom stereocenters. The fourth-order valence-electron chi connectivity index (χ4n) is 3.94. The van der Waals surface area contributed by atoms with Gasteiger partial charge in [0.1, 0.15) is 12.1 Å². The minimum absolute atomic E-state index is 0.341. The summed E-state index contributed by atoms with van der Waals surface area (Å²) >= 11 is 5.97. The molecule has 0 radical (unpaired) electrons. The number of hydrogen-bond donors (Lipinski definition) is 2. The summed E-state index contributed by atoms with van der Waals surface area (Å²) in [5.41, 5.74) is 1.81. The number of nitrogens with zero attached hydrogens (tertiary/aromatic N) is 1. The van der Waals surface area contributed by atoms with E-state index in [-0.39, 0.29) is 6.54 Å². The van der Waals surface area contributed by atoms with Gasteiger partial charge in [-0.1, -0.05) is 79.2 Å². The zero-order chi connectivity index (χ0) is 22.7. The van der Waals surface area contributed by atoms with Crippen LogP contribution in [0.4, 0.5) is 10.5 Å². The van der Waals surface area contributed by atoms with E-state index in [4.69, 9.17) is 11.6 Å². The maximum absolute atomic E-state index is 13.3. The molecule has 1 heterocycles. The molecule has 6 nitrogen and oxygen atoms in total. The zero-order valence-corrected chi connectivity index (χ0v) is 18.2. The fraction of sp³-hybridized carbons (Fsp3) is 0.160. The number of urea groups is 1. The van der Waals surface area contributed by atoms with Crippen molar-refractivity contribution in [1.82, 2.24) is 10.2 Å². The number of carbonyl (C=O) groups excluding carboxylic acids is 3. The van der Waals surface area contributed by atoms with Gasteiger partial charge in [-0.15, -0.1) is 0 Å². The highest BCUT2D eigenvalue weighted by molar-refractivity contribution is 6.30. The van der Waals surface area contributed by atoms with Crippen molar-refractivity contribution < 1.29 is 14.4 Å². The van der Waals surface area contributed by atoms with Gasteiger partial charge in [0.15, 0.2) is 0 Å². The van der Waals surface area contributed by atoms with Gasteiger partial charge in [-0.3, -0.25) is 14.5 Å². The van der Waals surface area contributed by atoms with Crippen LogP contribution in [0.1, 0.15) is 18.9 Å². The van der Waals surface area contributed by atoms with Gasteiger partial charge >= 0.3 is 6.03 Å². The van der Waals surface area contributed by atoms with Crippen LogP contribution in [0.2, 0.25) is 5.02 Å². The Balaban J connectivity index is 1.54. The number of anilines is 1. The second-order valence-electron chi connectivity index (χ2n) is 7.55. The number of amides is 4. The van der Waals surface area contributed by atoms with Gasteiger partial charge in [0.25, 0.3) is 5.91 Å². The number of halogens is 1. The van der Waals surface area contributed by atoms with Crippen molar-refractivity contribution >= 4 is 35.1 Å². The Labute approximate surface area is 191 Å². The number of nitrogens with one attached hydrogen (secondary N) is 2. The van der Waals surface area contributed by atoms with Gasteiger partial charge in [0, 0.05) is 16.3 Å². The quantitative estimate of drug-likeness (QED) is 0.532. The van der Waals surface area contributed by atoms with E-state index >= 15 is 0 Å². The van der Waals surface area contributed by atoms with E-state index in [1.807, 2.05) is 55.5 Å². The molecule has 0 aromatic heterocycles. The molecule has 3 aromatic carbocycles. The first-order chi connectivity index (χ1) is 15.4. The third-order valence-corrected chi connectivity index (χ3v) is 5.88. The SMILES string of the molecule is CCC1(c2ccc(Cl)cc2)NC(=O)N(CC(=O)Nc2ccccc2-c2ccccc2)C1=O. The lowest BCUT2D eigenvalue weighted by atomic mass is 9.87. The Hall–Kier alpha value is -3.64. The van der Waals surface area contributed by atoms with Crippen LogP contribution < -0.4 is 10.6 Å². The van der Waals surface area contributed by atoms with E-state index in [1.54, 1.807) is 30.3 Å². The maximum atomic E-state index is 13.3. The van der Waals surface area contributed by atoms with Crippen LogP contribution in [0.15, 0.2) is 78.9 Å². The van der Waals surface area contributed by atoms with Crippen LogP contribution in [-0.4, -0.2) is 29.3 Å². The number of para-hydroxylation sites is 1. The molecule has 0 spiro atoms. The molecule has 4 rings (SSSR count). The molecule has 7 heteroatoms. The van der Waals surface area contributed by atoms with Crippen molar-refractivity contribution in [3.8, 4) is 11.1 Å². The van der Waals surface area contributed by atoms with Crippen molar-refractivity contribution in [2.75, 3.05) is 11.9 Å². The molecule has 32 heavy (non-hydrogen) atoms. The average molecular weight is 448 g/mol. The zero-order valence-electron chi connectivity index (χ0n) is 17.5. The smallest absolute Gasteiger partial charge is 0.324 e. The first-order valence-corrected chi connectivity index (χ1v) is 10.7. The molecule has 3 aromatic rings. The minimum Gasteiger partial charge on any atom is -0.324 e. The standard InChI is InChI=1S/C25H22ClN3O3/c1-2-25(18-12-14-19(26)15-13-18)23(31)29(24(32)28-25)16-22(30)27-21-11-7-6-10-20(21)17-8-4-3-5-9-17/h3-15H,2,16H2,1H3,(H,27,30)(H,28,32). The molecule has 1 aliphatic heterocycles. The lowest BCUT2D eigenvalue weighted by molar-refractivity contribution is -0.134. The Morgan fingerprint density at radius 1 is 0.969 bits per heavy atom. The Morgan fingerprint density at radius 2 is 1.62 bits per heavy atom. The topological polar surface area (TPSA) is 78.5 Å². The molecule has 1 fully saturated rings. The van der Waals surface area contributed by atoms with Crippen molar-refractivity contribution in [3.05, 3.63) is 89.4 Å². The van der Waals surface area contributed by atoms with Crippen LogP contribution in [0, 0.1) is 0 Å². The van der Waals surface area contributed by atoms with Crippen LogP contribution in [0.25, 0.3) is 11.1 Å². The Morgan fingerprint density at radius 3 is 2.31 bits per heavy atom. The summed E-state index contributed by atoms with van der Waals surface area (Å²) in [5, 5.41) is 6.15. The molecule has 4 amide bonds. The van der Waals surface area contributed by atoms with E-state index in [0.29, 0.717) is 22.7 Å². The predicted molar refractivity (Wildman–Crippen MR) is 124 cm³/mol. The third kappa shape index (κ3) is 3.97.